The van der Waals surface area contributed by atoms with Crippen molar-refractivity contribution in [1.82, 2.24) is 20.2 Å². The number of nitrogens with one attached hydrogen (secondary N) is 4. The Morgan fingerprint density at radius 1 is 1.16 bits per heavy atom. The largest absolute Gasteiger partial charge is 0.329 e. The number of aryl methyl sites for hydroxylation is 2. The molecule has 0 bridgehead atoms. The maximum atomic E-state index is 12.6. The predicted molar refractivity (Wildman–Crippen MR) is 127 cm³/mol. The van der Waals surface area contributed by atoms with E-state index in [1.807, 2.05) is 26.0 Å². The topological polar surface area (TPSA) is 116 Å². The van der Waals surface area contributed by atoms with Crippen molar-refractivity contribution in [1.29, 1.82) is 0 Å². The van der Waals surface area contributed by atoms with Gasteiger partial charge in [0.05, 0.1) is 27.0 Å². The van der Waals surface area contributed by atoms with Crippen molar-refractivity contribution in [2.45, 2.75) is 30.4 Å². The zero-order valence-electron chi connectivity index (χ0n) is 16.9. The summed E-state index contributed by atoms with van der Waals surface area (Å²) in [7, 11) is 0. The van der Waals surface area contributed by atoms with Crippen LogP contribution in [0.2, 0.25) is 5.02 Å². The molecule has 31 heavy (non-hydrogen) atoms. The minimum Gasteiger partial charge on any atom is -0.329 e. The molecule has 4 N–H and O–H groups in total. The Hall–Kier alpha value is -2.82. The molecule has 4 aromatic rings. The van der Waals surface area contributed by atoms with E-state index in [0.717, 1.165) is 16.8 Å². The first-order chi connectivity index (χ1) is 14.8. The standard InChI is InChI=1S/C20H19ClN6O2S2/c1-9-6-10(2)16(13(21)7-9)25-19-26-27-20(31-19)30-11(3)17(28)22-12-4-5-14-15(8-12)24-18(29)23-14/h4-8,11H,1-3H3,(H,22,28)(H,25,26)(H2,23,24,29). The molecular weight excluding hydrogens is 456 g/mol. The summed E-state index contributed by atoms with van der Waals surface area (Å²) >= 11 is 9.02. The smallest absolute Gasteiger partial charge is 0.323 e. The molecule has 0 radical (unpaired) electrons. The average Bonchev–Trinajstić information content (AvgIpc) is 3.29. The van der Waals surface area contributed by atoms with E-state index in [1.54, 1.807) is 25.1 Å². The fourth-order valence-electron chi connectivity index (χ4n) is 3.05. The molecule has 1 atom stereocenters. The van der Waals surface area contributed by atoms with E-state index in [1.165, 1.54) is 23.1 Å². The highest BCUT2D eigenvalue weighted by Crippen LogP contribution is 2.34. The number of thioether (sulfide) groups is 1. The lowest BCUT2D eigenvalue weighted by molar-refractivity contribution is -0.115. The monoisotopic (exact) mass is 474 g/mol. The number of anilines is 3. The molecule has 160 valence electrons. The van der Waals surface area contributed by atoms with Gasteiger partial charge in [-0.15, -0.1) is 10.2 Å². The summed E-state index contributed by atoms with van der Waals surface area (Å²) in [6.07, 6.45) is 0. The highest BCUT2D eigenvalue weighted by molar-refractivity contribution is 8.02. The van der Waals surface area contributed by atoms with Crippen LogP contribution in [0.1, 0.15) is 18.1 Å². The quantitative estimate of drug-likeness (QED) is 0.297. The number of H-pyrrole nitrogens is 2. The van der Waals surface area contributed by atoms with Crippen LogP contribution in [0.25, 0.3) is 11.0 Å². The van der Waals surface area contributed by atoms with Gasteiger partial charge in [0.1, 0.15) is 0 Å². The number of nitrogens with zero attached hydrogens (tertiary/aromatic N) is 2. The van der Waals surface area contributed by atoms with Gasteiger partial charge in [0, 0.05) is 5.69 Å². The van der Waals surface area contributed by atoms with Gasteiger partial charge in [-0.3, -0.25) is 4.79 Å². The summed E-state index contributed by atoms with van der Waals surface area (Å²) in [6.45, 7) is 5.77. The first-order valence-electron chi connectivity index (χ1n) is 9.35. The Labute approximate surface area is 190 Å². The number of imidazole rings is 1. The molecular formula is C20H19ClN6O2S2. The molecule has 0 saturated carbocycles. The van der Waals surface area contributed by atoms with E-state index < -0.39 is 5.25 Å². The number of fused-ring (bicyclic) bond motifs is 1. The second-order valence-electron chi connectivity index (χ2n) is 7.03. The van der Waals surface area contributed by atoms with Crippen molar-refractivity contribution in [3.05, 3.63) is 57.0 Å². The van der Waals surface area contributed by atoms with E-state index in [9.17, 15) is 9.59 Å². The maximum absolute atomic E-state index is 12.6. The van der Waals surface area contributed by atoms with E-state index in [0.29, 0.717) is 31.2 Å². The minimum absolute atomic E-state index is 0.177. The molecule has 8 nitrogen and oxygen atoms in total. The Bertz CT molecular complexity index is 1310. The number of amides is 1. The van der Waals surface area contributed by atoms with E-state index in [4.69, 9.17) is 11.6 Å². The minimum atomic E-state index is -0.397. The molecule has 0 aliphatic heterocycles. The first kappa shape index (κ1) is 21.4. The molecule has 4 rings (SSSR count). The van der Waals surface area contributed by atoms with Crippen molar-refractivity contribution in [3.8, 4) is 0 Å². The number of aromatic nitrogens is 4. The third-order valence-corrected chi connectivity index (χ3v) is 6.82. The summed E-state index contributed by atoms with van der Waals surface area (Å²) < 4.78 is 0.663. The van der Waals surface area contributed by atoms with Crippen molar-refractivity contribution >= 4 is 68.1 Å². The lowest BCUT2D eigenvalue weighted by atomic mass is 10.1. The van der Waals surface area contributed by atoms with Crippen molar-refractivity contribution in [3.63, 3.8) is 0 Å². The SMILES string of the molecule is Cc1cc(C)c(Nc2nnc(SC(C)C(=O)Nc3ccc4[nH]c(=O)[nH]c4c3)s2)c(Cl)c1. The zero-order valence-corrected chi connectivity index (χ0v) is 19.3. The highest BCUT2D eigenvalue weighted by Gasteiger charge is 2.18. The summed E-state index contributed by atoms with van der Waals surface area (Å²) in [5.74, 6) is -0.177. The van der Waals surface area contributed by atoms with Crippen LogP contribution in [0.15, 0.2) is 39.5 Å². The van der Waals surface area contributed by atoms with Gasteiger partial charge in [-0.25, -0.2) is 4.79 Å². The van der Waals surface area contributed by atoms with Crippen LogP contribution in [-0.4, -0.2) is 31.3 Å². The van der Waals surface area contributed by atoms with E-state index in [-0.39, 0.29) is 11.6 Å². The Morgan fingerprint density at radius 2 is 1.94 bits per heavy atom. The van der Waals surface area contributed by atoms with Crippen molar-refractivity contribution < 1.29 is 4.79 Å². The normalized spacial score (nSPS) is 12.1. The third-order valence-electron chi connectivity index (χ3n) is 4.50. The lowest BCUT2D eigenvalue weighted by Gasteiger charge is -2.10. The molecule has 0 spiro atoms. The number of rotatable bonds is 6. The number of carbonyl (C=O) groups is 1. The summed E-state index contributed by atoms with van der Waals surface area (Å²) in [5, 5.41) is 15.2. The van der Waals surface area contributed by atoms with Gasteiger partial charge < -0.3 is 20.6 Å². The molecule has 0 saturated heterocycles. The van der Waals surface area contributed by atoms with Gasteiger partial charge in [0.25, 0.3) is 0 Å². The van der Waals surface area contributed by atoms with Gasteiger partial charge >= 0.3 is 5.69 Å². The molecule has 2 aromatic heterocycles. The second-order valence-corrected chi connectivity index (χ2v) is 10.00. The van der Waals surface area contributed by atoms with Gasteiger partial charge in [-0.1, -0.05) is 40.8 Å². The number of aromatic amines is 2. The maximum Gasteiger partial charge on any atom is 0.323 e. The Balaban J connectivity index is 1.40. The van der Waals surface area contributed by atoms with Gasteiger partial charge in [-0.2, -0.15) is 0 Å². The molecule has 2 heterocycles. The van der Waals surface area contributed by atoms with Crippen LogP contribution in [0.5, 0.6) is 0 Å². The number of hydrogen-bond donors (Lipinski definition) is 4. The van der Waals surface area contributed by atoms with Crippen LogP contribution in [0.3, 0.4) is 0 Å². The zero-order chi connectivity index (χ0) is 22.1. The summed E-state index contributed by atoms with van der Waals surface area (Å²) in [4.78, 5) is 29.3. The van der Waals surface area contributed by atoms with E-state index >= 15 is 0 Å². The molecule has 2 aromatic carbocycles. The molecule has 0 aliphatic carbocycles. The predicted octanol–water partition coefficient (Wildman–Crippen LogP) is 4.84. The number of carbonyl (C=O) groups excluding carboxylic acids is 1. The Morgan fingerprint density at radius 3 is 2.71 bits per heavy atom. The van der Waals surface area contributed by atoms with Crippen LogP contribution >= 0.6 is 34.7 Å². The van der Waals surface area contributed by atoms with Crippen molar-refractivity contribution in [2.75, 3.05) is 10.6 Å². The fraction of sp³-hybridized carbons (Fsp3) is 0.200. The van der Waals surface area contributed by atoms with Crippen LogP contribution in [0.4, 0.5) is 16.5 Å². The molecule has 11 heteroatoms. The second kappa shape index (κ2) is 8.74. The lowest BCUT2D eigenvalue weighted by Crippen LogP contribution is -2.22. The highest BCUT2D eigenvalue weighted by atomic mass is 35.5. The van der Waals surface area contributed by atoms with Gasteiger partial charge in [0.2, 0.25) is 11.0 Å². The molecule has 1 unspecified atom stereocenters. The van der Waals surface area contributed by atoms with Crippen LogP contribution in [-0.2, 0) is 4.79 Å². The van der Waals surface area contributed by atoms with Crippen LogP contribution in [0, 0.1) is 13.8 Å². The van der Waals surface area contributed by atoms with Gasteiger partial charge in [-0.05, 0) is 56.2 Å². The van der Waals surface area contributed by atoms with Crippen molar-refractivity contribution in [2.24, 2.45) is 0 Å². The third kappa shape index (κ3) is 4.92. The average molecular weight is 475 g/mol. The molecule has 0 fully saturated rings. The van der Waals surface area contributed by atoms with Gasteiger partial charge in [0.15, 0.2) is 4.34 Å². The van der Waals surface area contributed by atoms with E-state index in [2.05, 4.69) is 30.8 Å². The number of halogens is 1. The fourth-order valence-corrected chi connectivity index (χ4v) is 5.32. The summed E-state index contributed by atoms with van der Waals surface area (Å²) in [5.41, 5.74) is 4.53. The summed E-state index contributed by atoms with van der Waals surface area (Å²) in [6, 6.07) is 9.12. The molecule has 0 aliphatic rings. The number of benzene rings is 2. The Kier molecular flexibility index (Phi) is 6.03. The first-order valence-corrected chi connectivity index (χ1v) is 11.4. The number of hydrogen-bond acceptors (Lipinski definition) is 7. The van der Waals surface area contributed by atoms with Crippen LogP contribution < -0.4 is 16.3 Å². The molecule has 1 amide bonds.